The summed E-state index contributed by atoms with van der Waals surface area (Å²) in [7, 11) is 0. The molecule has 0 amide bonds. The molecule has 4 nitrogen and oxygen atoms in total. The van der Waals surface area contributed by atoms with E-state index < -0.39 is 0 Å². The summed E-state index contributed by atoms with van der Waals surface area (Å²) in [6, 6.07) is 23.4. The standard InChI is InChI=1S/C32H32N2O2S2/c1-4-5-16-35-25-14-12-23(13-15-25)29-33-30(37-20-21-10-11-22-8-6-7-9-24(22)17-21)28-26-18-32(2,3)36-19-27(26)38-31(28)34-29/h6-15,17H,4-5,16,18-20H2,1-3H3. The minimum absolute atomic E-state index is 0.187. The van der Waals surface area contributed by atoms with Gasteiger partial charge >= 0.3 is 0 Å². The third-order valence-corrected chi connectivity index (χ3v) is 9.11. The van der Waals surface area contributed by atoms with E-state index in [1.807, 2.05) is 12.1 Å². The summed E-state index contributed by atoms with van der Waals surface area (Å²) in [5.41, 5.74) is 3.47. The van der Waals surface area contributed by atoms with Crippen LogP contribution in [0.5, 0.6) is 5.75 Å². The Morgan fingerprint density at radius 1 is 1.00 bits per heavy atom. The van der Waals surface area contributed by atoms with E-state index in [9.17, 15) is 0 Å². The van der Waals surface area contributed by atoms with Crippen molar-refractivity contribution < 1.29 is 9.47 Å². The summed E-state index contributed by atoms with van der Waals surface area (Å²) >= 11 is 3.55. The molecule has 0 saturated carbocycles. The lowest BCUT2D eigenvalue weighted by Gasteiger charge is -2.30. The predicted octanol–water partition coefficient (Wildman–Crippen LogP) is 8.83. The van der Waals surface area contributed by atoms with Gasteiger partial charge in [0.1, 0.15) is 15.6 Å². The van der Waals surface area contributed by atoms with Gasteiger partial charge in [0.25, 0.3) is 0 Å². The monoisotopic (exact) mass is 540 g/mol. The van der Waals surface area contributed by atoms with Crippen LogP contribution in [0.4, 0.5) is 0 Å². The molecule has 0 N–H and O–H groups in total. The number of aromatic nitrogens is 2. The highest BCUT2D eigenvalue weighted by Crippen LogP contribution is 2.43. The minimum Gasteiger partial charge on any atom is -0.494 e. The zero-order chi connectivity index (χ0) is 26.1. The quantitative estimate of drug-likeness (QED) is 0.112. The van der Waals surface area contributed by atoms with E-state index in [2.05, 4.69) is 75.4 Å². The molecule has 0 bridgehead atoms. The number of thioether (sulfide) groups is 1. The first kappa shape index (κ1) is 25.4. The SMILES string of the molecule is CCCCOc1ccc(-c2nc(SCc3ccc4ccccc4c3)c3c4c(sc3n2)COC(C)(C)C4)cc1. The van der Waals surface area contributed by atoms with Gasteiger partial charge in [-0.2, -0.15) is 0 Å². The molecule has 1 aliphatic heterocycles. The topological polar surface area (TPSA) is 44.2 Å². The third-order valence-electron chi connectivity index (χ3n) is 6.97. The molecule has 0 radical (unpaired) electrons. The van der Waals surface area contributed by atoms with Gasteiger partial charge in [-0.05, 0) is 66.4 Å². The van der Waals surface area contributed by atoms with Gasteiger partial charge < -0.3 is 9.47 Å². The van der Waals surface area contributed by atoms with Crippen molar-refractivity contribution in [3.63, 3.8) is 0 Å². The first-order valence-corrected chi connectivity index (χ1v) is 15.1. The third kappa shape index (κ3) is 5.31. The van der Waals surface area contributed by atoms with Gasteiger partial charge in [-0.15, -0.1) is 23.1 Å². The Morgan fingerprint density at radius 3 is 2.63 bits per heavy atom. The maximum Gasteiger partial charge on any atom is 0.162 e. The molecule has 1 aliphatic rings. The van der Waals surface area contributed by atoms with Gasteiger partial charge in [-0.3, -0.25) is 0 Å². The smallest absolute Gasteiger partial charge is 0.162 e. The number of rotatable bonds is 8. The molecule has 0 atom stereocenters. The maximum atomic E-state index is 6.14. The average Bonchev–Trinajstić information content (AvgIpc) is 3.29. The molecule has 0 spiro atoms. The van der Waals surface area contributed by atoms with Gasteiger partial charge in [-0.25, -0.2) is 9.97 Å². The van der Waals surface area contributed by atoms with Crippen LogP contribution in [0, 0.1) is 0 Å². The van der Waals surface area contributed by atoms with Crippen LogP contribution < -0.4 is 4.74 Å². The molecule has 6 rings (SSSR count). The Balaban J connectivity index is 1.36. The normalized spacial score (nSPS) is 14.6. The van der Waals surface area contributed by atoms with Crippen molar-refractivity contribution in [3.8, 4) is 17.1 Å². The second-order valence-corrected chi connectivity index (χ2v) is 12.5. The van der Waals surface area contributed by atoms with Gasteiger partial charge in [0.05, 0.1) is 18.8 Å². The number of unbranched alkanes of at least 4 members (excludes halogenated alkanes) is 1. The fourth-order valence-corrected chi connectivity index (χ4v) is 7.03. The zero-order valence-corrected chi connectivity index (χ0v) is 23.8. The number of benzene rings is 3. The first-order valence-electron chi connectivity index (χ1n) is 13.3. The first-order chi connectivity index (χ1) is 18.5. The zero-order valence-electron chi connectivity index (χ0n) is 22.1. The van der Waals surface area contributed by atoms with Crippen LogP contribution in [-0.2, 0) is 23.5 Å². The van der Waals surface area contributed by atoms with Crippen LogP contribution in [0.2, 0.25) is 0 Å². The summed E-state index contributed by atoms with van der Waals surface area (Å²) in [4.78, 5) is 12.5. The molecular formula is C32H32N2O2S2. The van der Waals surface area contributed by atoms with E-state index in [0.717, 1.165) is 58.6 Å². The second kappa shape index (κ2) is 10.7. The Morgan fingerprint density at radius 2 is 1.82 bits per heavy atom. The van der Waals surface area contributed by atoms with Crippen molar-refractivity contribution in [3.05, 3.63) is 82.7 Å². The Kier molecular flexibility index (Phi) is 7.12. The lowest BCUT2D eigenvalue weighted by molar-refractivity contribution is -0.0379. The number of thiophene rings is 1. The van der Waals surface area contributed by atoms with E-state index in [-0.39, 0.29) is 5.60 Å². The number of hydrogen-bond acceptors (Lipinski definition) is 6. The molecule has 0 saturated heterocycles. The van der Waals surface area contributed by atoms with Crippen molar-refractivity contribution >= 4 is 44.1 Å². The Hall–Kier alpha value is -2.93. The molecule has 0 unspecified atom stereocenters. The second-order valence-electron chi connectivity index (χ2n) is 10.5. The number of hydrogen-bond donors (Lipinski definition) is 0. The van der Waals surface area contributed by atoms with Crippen LogP contribution in [0.3, 0.4) is 0 Å². The molecule has 3 aromatic carbocycles. The van der Waals surface area contributed by atoms with Gasteiger partial charge in [0.15, 0.2) is 5.82 Å². The number of ether oxygens (including phenoxy) is 2. The molecule has 0 aliphatic carbocycles. The highest BCUT2D eigenvalue weighted by atomic mass is 32.2. The average molecular weight is 541 g/mol. The lowest BCUT2D eigenvalue weighted by Crippen LogP contribution is -2.31. The predicted molar refractivity (Wildman–Crippen MR) is 159 cm³/mol. The summed E-state index contributed by atoms with van der Waals surface area (Å²) in [6.45, 7) is 7.89. The molecule has 2 aromatic heterocycles. The van der Waals surface area contributed by atoms with E-state index >= 15 is 0 Å². The highest BCUT2D eigenvalue weighted by molar-refractivity contribution is 7.98. The molecule has 194 valence electrons. The molecule has 3 heterocycles. The van der Waals surface area contributed by atoms with Gasteiger partial charge in [0.2, 0.25) is 0 Å². The van der Waals surface area contributed by atoms with E-state index in [1.54, 1.807) is 23.1 Å². The number of nitrogens with zero attached hydrogens (tertiary/aromatic N) is 2. The Bertz CT molecular complexity index is 1590. The van der Waals surface area contributed by atoms with E-state index in [1.165, 1.54) is 32.2 Å². The van der Waals surface area contributed by atoms with Crippen LogP contribution in [0.15, 0.2) is 71.8 Å². The van der Waals surface area contributed by atoms with Gasteiger partial charge in [0, 0.05) is 28.0 Å². The Labute approximate surface area is 232 Å². The summed E-state index contributed by atoms with van der Waals surface area (Å²) in [6.07, 6.45) is 3.06. The van der Waals surface area contributed by atoms with Crippen molar-refractivity contribution in [1.29, 1.82) is 0 Å². The number of fused-ring (bicyclic) bond motifs is 4. The fraction of sp³-hybridized carbons (Fsp3) is 0.312. The van der Waals surface area contributed by atoms with Crippen molar-refractivity contribution in [2.45, 2.75) is 63.0 Å². The molecule has 38 heavy (non-hydrogen) atoms. The molecule has 6 heteroatoms. The summed E-state index contributed by atoms with van der Waals surface area (Å²) in [5.74, 6) is 2.50. The molecular weight excluding hydrogens is 508 g/mol. The van der Waals surface area contributed by atoms with Crippen LogP contribution in [0.1, 0.15) is 49.6 Å². The van der Waals surface area contributed by atoms with Crippen LogP contribution >= 0.6 is 23.1 Å². The summed E-state index contributed by atoms with van der Waals surface area (Å²) < 4.78 is 12.0. The van der Waals surface area contributed by atoms with Crippen LogP contribution in [0.25, 0.3) is 32.4 Å². The maximum absolute atomic E-state index is 6.14. The lowest BCUT2D eigenvalue weighted by atomic mass is 9.94. The fourth-order valence-electron chi connectivity index (χ4n) is 4.86. The molecule has 5 aromatic rings. The van der Waals surface area contributed by atoms with Crippen molar-refractivity contribution in [1.82, 2.24) is 9.97 Å². The van der Waals surface area contributed by atoms with Crippen molar-refractivity contribution in [2.75, 3.05) is 6.61 Å². The van der Waals surface area contributed by atoms with E-state index in [4.69, 9.17) is 19.4 Å². The molecule has 0 fully saturated rings. The van der Waals surface area contributed by atoms with E-state index in [0.29, 0.717) is 6.61 Å². The van der Waals surface area contributed by atoms with Crippen LogP contribution in [-0.4, -0.2) is 22.2 Å². The summed E-state index contributed by atoms with van der Waals surface area (Å²) in [5, 5.41) is 4.79. The largest absolute Gasteiger partial charge is 0.494 e. The highest BCUT2D eigenvalue weighted by Gasteiger charge is 2.31. The minimum atomic E-state index is -0.187. The van der Waals surface area contributed by atoms with Crippen molar-refractivity contribution in [2.24, 2.45) is 0 Å². The van der Waals surface area contributed by atoms with Gasteiger partial charge in [-0.1, -0.05) is 55.8 Å².